The lowest BCUT2D eigenvalue weighted by atomic mass is 9.83. The van der Waals surface area contributed by atoms with Gasteiger partial charge in [-0.15, -0.1) is 10.2 Å². The monoisotopic (exact) mass is 338 g/mol. The van der Waals surface area contributed by atoms with Crippen molar-refractivity contribution >= 4 is 27.5 Å². The van der Waals surface area contributed by atoms with E-state index >= 15 is 0 Å². The van der Waals surface area contributed by atoms with E-state index in [0.717, 1.165) is 22.7 Å². The van der Waals surface area contributed by atoms with Gasteiger partial charge in [0, 0.05) is 12.3 Å². The molecule has 0 amide bonds. The fourth-order valence-electron chi connectivity index (χ4n) is 2.72. The summed E-state index contributed by atoms with van der Waals surface area (Å²) in [5.74, 6) is 2.72. The molecule has 1 aliphatic carbocycles. The highest BCUT2D eigenvalue weighted by molar-refractivity contribution is 9.10. The number of hydrogen-bond acceptors (Lipinski definition) is 4. The van der Waals surface area contributed by atoms with Gasteiger partial charge in [-0.3, -0.25) is 4.40 Å². The van der Waals surface area contributed by atoms with Crippen molar-refractivity contribution in [1.29, 1.82) is 0 Å². The standard InChI is InChI=1S/C14H19BrN4O/c1-9-2-4-10(5-3-9)8-20-12-6-13-17-18-14(16)19(13)7-11(12)15/h6-7,9-10H,2-5,8H2,1H3,(H2,16,18)/t9-,10-. The van der Waals surface area contributed by atoms with E-state index in [9.17, 15) is 0 Å². The molecule has 0 saturated heterocycles. The Morgan fingerprint density at radius 2 is 2.10 bits per heavy atom. The van der Waals surface area contributed by atoms with E-state index in [4.69, 9.17) is 10.5 Å². The quantitative estimate of drug-likeness (QED) is 0.932. The van der Waals surface area contributed by atoms with Gasteiger partial charge in [-0.1, -0.05) is 19.8 Å². The van der Waals surface area contributed by atoms with Gasteiger partial charge in [-0.2, -0.15) is 0 Å². The van der Waals surface area contributed by atoms with Gasteiger partial charge in [-0.05, 0) is 40.6 Å². The first-order valence-corrected chi connectivity index (χ1v) is 7.85. The third-order valence-corrected chi connectivity index (χ3v) is 4.69. The Hall–Kier alpha value is -1.30. The zero-order valence-electron chi connectivity index (χ0n) is 11.6. The second-order valence-corrected chi connectivity index (χ2v) is 6.56. The van der Waals surface area contributed by atoms with Crippen LogP contribution in [-0.2, 0) is 0 Å². The van der Waals surface area contributed by atoms with Gasteiger partial charge >= 0.3 is 0 Å². The largest absolute Gasteiger partial charge is 0.492 e. The SMILES string of the molecule is C[C@H]1CC[C@H](COc2cc3nnc(N)n3cc2Br)CC1. The Kier molecular flexibility index (Phi) is 3.83. The van der Waals surface area contributed by atoms with E-state index in [1.807, 2.05) is 12.3 Å². The molecule has 1 saturated carbocycles. The summed E-state index contributed by atoms with van der Waals surface area (Å²) >= 11 is 3.51. The van der Waals surface area contributed by atoms with E-state index in [1.54, 1.807) is 4.40 Å². The second-order valence-electron chi connectivity index (χ2n) is 5.71. The molecule has 1 fully saturated rings. The predicted molar refractivity (Wildman–Crippen MR) is 81.7 cm³/mol. The van der Waals surface area contributed by atoms with Crippen LogP contribution in [0.5, 0.6) is 5.75 Å². The van der Waals surface area contributed by atoms with Crippen LogP contribution in [0.2, 0.25) is 0 Å². The van der Waals surface area contributed by atoms with Crippen LogP contribution in [0.25, 0.3) is 5.65 Å². The van der Waals surface area contributed by atoms with Crippen LogP contribution in [0.15, 0.2) is 16.7 Å². The van der Waals surface area contributed by atoms with Gasteiger partial charge in [0.1, 0.15) is 5.75 Å². The molecule has 2 heterocycles. The van der Waals surface area contributed by atoms with Crippen molar-refractivity contribution in [2.24, 2.45) is 11.8 Å². The summed E-state index contributed by atoms with van der Waals surface area (Å²) in [4.78, 5) is 0. The number of anilines is 1. The van der Waals surface area contributed by atoms with Gasteiger partial charge in [0.05, 0.1) is 11.1 Å². The number of hydrogen-bond donors (Lipinski definition) is 1. The Morgan fingerprint density at radius 3 is 2.85 bits per heavy atom. The topological polar surface area (TPSA) is 65.4 Å². The zero-order chi connectivity index (χ0) is 14.1. The molecule has 1 aliphatic rings. The van der Waals surface area contributed by atoms with Crippen molar-refractivity contribution < 1.29 is 4.74 Å². The fraction of sp³-hybridized carbons (Fsp3) is 0.571. The molecule has 20 heavy (non-hydrogen) atoms. The first-order valence-electron chi connectivity index (χ1n) is 7.06. The van der Waals surface area contributed by atoms with E-state index < -0.39 is 0 Å². The number of rotatable bonds is 3. The van der Waals surface area contributed by atoms with Crippen LogP contribution in [0.1, 0.15) is 32.6 Å². The number of nitrogens with zero attached hydrogens (tertiary/aromatic N) is 3. The van der Waals surface area contributed by atoms with Crippen molar-refractivity contribution in [3.63, 3.8) is 0 Å². The average Bonchev–Trinajstić information content (AvgIpc) is 2.79. The molecule has 5 nitrogen and oxygen atoms in total. The van der Waals surface area contributed by atoms with Gasteiger partial charge in [0.2, 0.25) is 5.95 Å². The van der Waals surface area contributed by atoms with Crippen LogP contribution >= 0.6 is 15.9 Å². The minimum atomic E-state index is 0.383. The third kappa shape index (κ3) is 2.75. The number of aromatic nitrogens is 3. The summed E-state index contributed by atoms with van der Waals surface area (Å²) in [5, 5.41) is 7.86. The molecule has 2 aromatic rings. The Balaban J connectivity index is 1.69. The molecule has 0 aromatic carbocycles. The lowest BCUT2D eigenvalue weighted by molar-refractivity contribution is 0.187. The molecule has 0 bridgehead atoms. The molecule has 2 aromatic heterocycles. The highest BCUT2D eigenvalue weighted by Gasteiger charge is 2.19. The molecule has 0 radical (unpaired) electrons. The average molecular weight is 339 g/mol. The lowest BCUT2D eigenvalue weighted by Crippen LogP contribution is -2.18. The smallest absolute Gasteiger partial charge is 0.226 e. The molecular weight excluding hydrogens is 320 g/mol. The van der Waals surface area contributed by atoms with E-state index in [0.29, 0.717) is 17.5 Å². The van der Waals surface area contributed by atoms with Gasteiger partial charge in [0.25, 0.3) is 0 Å². The van der Waals surface area contributed by atoms with Crippen LogP contribution in [-0.4, -0.2) is 21.2 Å². The Bertz CT molecular complexity index is 604. The van der Waals surface area contributed by atoms with Gasteiger partial charge < -0.3 is 10.5 Å². The third-order valence-electron chi connectivity index (χ3n) is 4.10. The highest BCUT2D eigenvalue weighted by Crippen LogP contribution is 2.31. The summed E-state index contributed by atoms with van der Waals surface area (Å²) in [6.07, 6.45) is 7.00. The minimum absolute atomic E-state index is 0.383. The summed E-state index contributed by atoms with van der Waals surface area (Å²) in [5.41, 5.74) is 6.43. The van der Waals surface area contributed by atoms with Crippen LogP contribution < -0.4 is 10.5 Å². The first kappa shape index (κ1) is 13.7. The summed E-state index contributed by atoms with van der Waals surface area (Å²) in [6.45, 7) is 3.10. The number of pyridine rings is 1. The molecule has 108 valence electrons. The maximum absolute atomic E-state index is 5.96. The number of fused-ring (bicyclic) bond motifs is 1. The Labute approximate surface area is 126 Å². The number of ether oxygens (including phenoxy) is 1. The zero-order valence-corrected chi connectivity index (χ0v) is 13.1. The first-order chi connectivity index (χ1) is 9.63. The summed E-state index contributed by atoms with van der Waals surface area (Å²) in [6, 6.07) is 1.87. The molecule has 2 N–H and O–H groups in total. The summed E-state index contributed by atoms with van der Waals surface area (Å²) < 4.78 is 8.57. The van der Waals surface area contributed by atoms with Crippen molar-refractivity contribution in [2.45, 2.75) is 32.6 Å². The van der Waals surface area contributed by atoms with E-state index in [1.165, 1.54) is 25.7 Å². The fourth-order valence-corrected chi connectivity index (χ4v) is 3.16. The van der Waals surface area contributed by atoms with E-state index in [-0.39, 0.29) is 0 Å². The van der Waals surface area contributed by atoms with Crippen LogP contribution in [0, 0.1) is 11.8 Å². The number of nitrogen functional groups attached to an aromatic ring is 1. The van der Waals surface area contributed by atoms with Crippen molar-refractivity contribution in [2.75, 3.05) is 12.3 Å². The van der Waals surface area contributed by atoms with Gasteiger partial charge in [0.15, 0.2) is 5.65 Å². The molecular formula is C14H19BrN4O. The predicted octanol–water partition coefficient (Wildman–Crippen LogP) is 3.28. The second kappa shape index (κ2) is 5.60. The van der Waals surface area contributed by atoms with Crippen LogP contribution in [0.3, 0.4) is 0 Å². The van der Waals surface area contributed by atoms with E-state index in [2.05, 4.69) is 33.1 Å². The highest BCUT2D eigenvalue weighted by atomic mass is 79.9. The molecule has 0 unspecified atom stereocenters. The Morgan fingerprint density at radius 1 is 1.35 bits per heavy atom. The van der Waals surface area contributed by atoms with Crippen LogP contribution in [0.4, 0.5) is 5.95 Å². The minimum Gasteiger partial charge on any atom is -0.492 e. The molecule has 0 atom stereocenters. The van der Waals surface area contributed by atoms with Crippen molar-refractivity contribution in [3.8, 4) is 5.75 Å². The molecule has 0 aliphatic heterocycles. The van der Waals surface area contributed by atoms with Gasteiger partial charge in [-0.25, -0.2) is 0 Å². The number of nitrogens with two attached hydrogens (primary N) is 1. The molecule has 0 spiro atoms. The normalized spacial score (nSPS) is 23.1. The lowest BCUT2D eigenvalue weighted by Gasteiger charge is -2.26. The number of halogens is 1. The van der Waals surface area contributed by atoms with Crippen molar-refractivity contribution in [3.05, 3.63) is 16.7 Å². The maximum atomic E-state index is 5.96. The van der Waals surface area contributed by atoms with Crippen molar-refractivity contribution in [1.82, 2.24) is 14.6 Å². The maximum Gasteiger partial charge on any atom is 0.226 e. The molecule has 6 heteroatoms. The summed E-state index contributed by atoms with van der Waals surface area (Å²) in [7, 11) is 0. The molecule has 3 rings (SSSR count).